The maximum Gasteiger partial charge on any atom is 0.408 e. The molecule has 21 heavy (non-hydrogen) atoms. The Hall–Kier alpha value is -2.11. The summed E-state index contributed by atoms with van der Waals surface area (Å²) >= 11 is 0. The van der Waals surface area contributed by atoms with Crippen molar-refractivity contribution in [3.05, 3.63) is 35.1 Å². The number of benzene rings is 1. The van der Waals surface area contributed by atoms with Gasteiger partial charge in [0.05, 0.1) is 12.5 Å². The zero-order valence-electron chi connectivity index (χ0n) is 12.6. The van der Waals surface area contributed by atoms with Gasteiger partial charge < -0.3 is 15.2 Å². The minimum atomic E-state index is -1.07. The van der Waals surface area contributed by atoms with Crippen LogP contribution in [0.25, 0.3) is 0 Å². The molecule has 2 N–H and O–H groups in total. The van der Waals surface area contributed by atoms with Crippen LogP contribution in [0.5, 0.6) is 0 Å². The lowest BCUT2D eigenvalue weighted by Crippen LogP contribution is -2.35. The highest BCUT2D eigenvalue weighted by atomic mass is 19.1. The van der Waals surface area contributed by atoms with Crippen molar-refractivity contribution in [1.82, 2.24) is 5.32 Å². The van der Waals surface area contributed by atoms with Crippen LogP contribution in [0.3, 0.4) is 0 Å². The quantitative estimate of drug-likeness (QED) is 0.895. The third-order valence-corrected chi connectivity index (χ3v) is 2.65. The second-order valence-electron chi connectivity index (χ2n) is 5.81. The van der Waals surface area contributed by atoms with E-state index < -0.39 is 23.7 Å². The van der Waals surface area contributed by atoms with Crippen molar-refractivity contribution in [2.24, 2.45) is 0 Å². The number of rotatable bonds is 4. The van der Waals surface area contributed by atoms with Crippen molar-refractivity contribution >= 4 is 12.1 Å². The lowest BCUT2D eigenvalue weighted by Gasteiger charge is -2.23. The first kappa shape index (κ1) is 16.9. The van der Waals surface area contributed by atoms with Gasteiger partial charge in [0.15, 0.2) is 0 Å². The molecule has 116 valence electrons. The van der Waals surface area contributed by atoms with Crippen LogP contribution in [-0.4, -0.2) is 22.8 Å². The molecule has 0 heterocycles. The highest BCUT2D eigenvalue weighted by Crippen LogP contribution is 2.20. The van der Waals surface area contributed by atoms with Crippen LogP contribution in [0, 0.1) is 12.7 Å². The Balaban J connectivity index is 2.92. The van der Waals surface area contributed by atoms with Crippen LogP contribution in [0.1, 0.15) is 44.4 Å². The van der Waals surface area contributed by atoms with E-state index in [4.69, 9.17) is 9.84 Å². The van der Waals surface area contributed by atoms with Crippen LogP contribution in [0.4, 0.5) is 9.18 Å². The van der Waals surface area contributed by atoms with Gasteiger partial charge in [-0.15, -0.1) is 0 Å². The van der Waals surface area contributed by atoms with E-state index in [1.54, 1.807) is 27.7 Å². The van der Waals surface area contributed by atoms with Gasteiger partial charge in [0.2, 0.25) is 0 Å². The molecule has 1 atom stereocenters. The maximum absolute atomic E-state index is 13.3. The number of alkyl carbamates (subject to hydrolysis) is 1. The lowest BCUT2D eigenvalue weighted by molar-refractivity contribution is -0.137. The highest BCUT2D eigenvalue weighted by molar-refractivity contribution is 5.72. The van der Waals surface area contributed by atoms with Crippen molar-refractivity contribution < 1.29 is 23.8 Å². The minimum absolute atomic E-state index is 0.315. The van der Waals surface area contributed by atoms with Gasteiger partial charge >= 0.3 is 12.1 Å². The van der Waals surface area contributed by atoms with Crippen LogP contribution in [0.15, 0.2) is 18.2 Å². The first-order valence-electron chi connectivity index (χ1n) is 6.56. The molecule has 1 aromatic carbocycles. The van der Waals surface area contributed by atoms with E-state index in [0.717, 1.165) is 0 Å². The molecular formula is C15H20FNO4. The van der Waals surface area contributed by atoms with E-state index in [9.17, 15) is 14.0 Å². The molecule has 1 aromatic rings. The summed E-state index contributed by atoms with van der Waals surface area (Å²) < 4.78 is 18.4. The molecule has 1 amide bonds. The van der Waals surface area contributed by atoms with E-state index in [-0.39, 0.29) is 12.2 Å². The van der Waals surface area contributed by atoms with Gasteiger partial charge in [-0.1, -0.05) is 12.1 Å². The summed E-state index contributed by atoms with van der Waals surface area (Å²) in [5.74, 6) is -1.46. The number of carbonyl (C=O) groups excluding carboxylic acids is 1. The van der Waals surface area contributed by atoms with E-state index in [1.807, 2.05) is 0 Å². The molecule has 0 saturated heterocycles. The van der Waals surface area contributed by atoms with Gasteiger partial charge in [0, 0.05) is 0 Å². The maximum atomic E-state index is 13.3. The monoisotopic (exact) mass is 297 g/mol. The van der Waals surface area contributed by atoms with Gasteiger partial charge in [-0.2, -0.15) is 0 Å². The molecule has 5 nitrogen and oxygen atoms in total. The predicted octanol–water partition coefficient (Wildman–Crippen LogP) is 3.17. The van der Waals surface area contributed by atoms with Crippen molar-refractivity contribution in [3.8, 4) is 0 Å². The van der Waals surface area contributed by atoms with Gasteiger partial charge in [-0.25, -0.2) is 9.18 Å². The number of aliphatic carboxylic acids is 1. The zero-order chi connectivity index (χ0) is 16.2. The smallest absolute Gasteiger partial charge is 0.408 e. The summed E-state index contributed by atoms with van der Waals surface area (Å²) in [4.78, 5) is 22.7. The van der Waals surface area contributed by atoms with Crippen LogP contribution >= 0.6 is 0 Å². The Morgan fingerprint density at radius 1 is 1.38 bits per heavy atom. The molecule has 0 aliphatic carbocycles. The minimum Gasteiger partial charge on any atom is -0.481 e. The number of hydrogen-bond acceptors (Lipinski definition) is 3. The summed E-state index contributed by atoms with van der Waals surface area (Å²) in [6, 6.07) is 3.43. The molecule has 0 spiro atoms. The zero-order valence-corrected chi connectivity index (χ0v) is 12.6. The molecule has 1 unspecified atom stereocenters. The fourth-order valence-electron chi connectivity index (χ4n) is 1.76. The van der Waals surface area contributed by atoms with E-state index in [2.05, 4.69) is 5.32 Å². The third-order valence-electron chi connectivity index (χ3n) is 2.65. The first-order valence-corrected chi connectivity index (χ1v) is 6.56. The molecule has 1 rings (SSSR count). The van der Waals surface area contributed by atoms with Crippen molar-refractivity contribution in [1.29, 1.82) is 0 Å². The van der Waals surface area contributed by atoms with Crippen LogP contribution in [0.2, 0.25) is 0 Å². The molecule has 0 aliphatic heterocycles. The molecule has 6 heteroatoms. The molecular weight excluding hydrogens is 277 g/mol. The number of carboxylic acids is 1. The second-order valence-corrected chi connectivity index (χ2v) is 5.81. The number of ether oxygens (including phenoxy) is 1. The van der Waals surface area contributed by atoms with Gasteiger partial charge in [-0.05, 0) is 44.9 Å². The molecule has 0 bridgehead atoms. The summed E-state index contributed by atoms with van der Waals surface area (Å²) in [6.45, 7) is 6.70. The van der Waals surface area contributed by atoms with E-state index in [1.165, 1.54) is 18.2 Å². The highest BCUT2D eigenvalue weighted by Gasteiger charge is 2.22. The number of carbonyl (C=O) groups is 2. The normalized spacial score (nSPS) is 12.6. The van der Waals surface area contributed by atoms with Crippen LogP contribution < -0.4 is 5.32 Å². The number of halogens is 1. The Morgan fingerprint density at radius 3 is 2.48 bits per heavy atom. The number of carboxylic acid groups (broad SMARTS) is 1. The first-order chi connectivity index (χ1) is 9.58. The Labute approximate surface area is 123 Å². The molecule has 0 saturated carbocycles. The number of hydrogen-bond donors (Lipinski definition) is 2. The SMILES string of the molecule is Cc1cc(C(CC(=O)O)NC(=O)OC(C)(C)C)ccc1F. The van der Waals surface area contributed by atoms with Crippen molar-refractivity contribution in [2.45, 2.75) is 45.8 Å². The Kier molecular flexibility index (Phi) is 5.29. The number of aryl methyl sites for hydroxylation is 1. The molecule has 0 radical (unpaired) electrons. The largest absolute Gasteiger partial charge is 0.481 e. The summed E-state index contributed by atoms with van der Waals surface area (Å²) in [6.07, 6.45) is -1.03. The van der Waals surface area contributed by atoms with Gasteiger partial charge in [0.25, 0.3) is 0 Å². The standard InChI is InChI=1S/C15H20FNO4/c1-9-7-10(5-6-11(9)16)12(8-13(18)19)17-14(20)21-15(2,3)4/h5-7,12H,8H2,1-4H3,(H,17,20)(H,18,19). The second kappa shape index (κ2) is 6.56. The molecule has 0 aromatic heterocycles. The van der Waals surface area contributed by atoms with E-state index in [0.29, 0.717) is 11.1 Å². The topological polar surface area (TPSA) is 75.6 Å². The fourth-order valence-corrected chi connectivity index (χ4v) is 1.76. The van der Waals surface area contributed by atoms with E-state index >= 15 is 0 Å². The van der Waals surface area contributed by atoms with Gasteiger partial charge in [-0.3, -0.25) is 4.79 Å². The average molecular weight is 297 g/mol. The Bertz CT molecular complexity index is 537. The van der Waals surface area contributed by atoms with Gasteiger partial charge in [0.1, 0.15) is 11.4 Å². The molecule has 0 aliphatic rings. The lowest BCUT2D eigenvalue weighted by atomic mass is 10.0. The Morgan fingerprint density at radius 2 is 2.00 bits per heavy atom. The van der Waals surface area contributed by atoms with Crippen molar-refractivity contribution in [2.75, 3.05) is 0 Å². The summed E-state index contributed by atoms with van der Waals surface area (Å²) in [7, 11) is 0. The average Bonchev–Trinajstić information content (AvgIpc) is 2.28. The molecule has 0 fully saturated rings. The summed E-state index contributed by atoms with van der Waals surface area (Å²) in [5, 5.41) is 11.5. The number of nitrogens with one attached hydrogen (secondary N) is 1. The fraction of sp³-hybridized carbons (Fsp3) is 0.467. The predicted molar refractivity (Wildman–Crippen MR) is 75.5 cm³/mol. The van der Waals surface area contributed by atoms with Crippen LogP contribution in [-0.2, 0) is 9.53 Å². The number of amides is 1. The third kappa shape index (κ3) is 5.81. The van der Waals surface area contributed by atoms with Crippen molar-refractivity contribution in [3.63, 3.8) is 0 Å². The summed E-state index contributed by atoms with van der Waals surface area (Å²) in [5.41, 5.74) is 0.215.